The Morgan fingerprint density at radius 3 is 2.32 bits per heavy atom. The molecule has 2 aromatic carbocycles. The Kier molecular flexibility index (Phi) is 5.93. The molecule has 2 rings (SSSR count). The summed E-state index contributed by atoms with van der Waals surface area (Å²) in [5.74, 6) is -0.639. The molecule has 0 aliphatic rings. The first kappa shape index (κ1) is 15.5. The first-order valence-electron chi connectivity index (χ1n) is 6.76. The van der Waals surface area contributed by atoms with Crippen molar-refractivity contribution in [2.24, 2.45) is 0 Å². The van der Waals surface area contributed by atoms with Gasteiger partial charge in [-0.3, -0.25) is 0 Å². The van der Waals surface area contributed by atoms with E-state index in [4.69, 9.17) is 4.74 Å². The zero-order valence-electron chi connectivity index (χ0n) is 11.8. The van der Waals surface area contributed by atoms with Gasteiger partial charge in [0.25, 0.3) is 0 Å². The zero-order chi connectivity index (χ0) is 15.6. The van der Waals surface area contributed by atoms with Crippen LogP contribution < -0.4 is 0 Å². The largest absolute Gasteiger partial charge is 0.458 e. The highest BCUT2D eigenvalue weighted by atomic mass is 16.6. The number of ether oxygens (including phenoxy) is 2. The zero-order valence-corrected chi connectivity index (χ0v) is 11.8. The Labute approximate surface area is 129 Å². The summed E-state index contributed by atoms with van der Waals surface area (Å²) < 4.78 is 9.78. The topological polar surface area (TPSA) is 52.6 Å². The van der Waals surface area contributed by atoms with E-state index in [0.29, 0.717) is 0 Å². The molecule has 0 aromatic heterocycles. The highest BCUT2D eigenvalue weighted by Crippen LogP contribution is 2.07. The van der Waals surface area contributed by atoms with Crippen molar-refractivity contribution in [2.45, 2.75) is 12.7 Å². The number of benzene rings is 2. The van der Waals surface area contributed by atoms with E-state index < -0.39 is 12.1 Å². The molecule has 111 valence electrons. The number of hydrogen-bond acceptors (Lipinski definition) is 4. The van der Waals surface area contributed by atoms with Gasteiger partial charge in [0.15, 0.2) is 0 Å². The summed E-state index contributed by atoms with van der Waals surface area (Å²) in [6.07, 6.45) is 2.04. The summed E-state index contributed by atoms with van der Waals surface area (Å²) >= 11 is 0. The maximum atomic E-state index is 12.0. The smallest absolute Gasteiger partial charge is 0.418 e. The highest BCUT2D eigenvalue weighted by Gasteiger charge is 2.18. The normalized spacial score (nSPS) is 11.8. The average molecular weight is 295 g/mol. The Bertz CT molecular complexity index is 620. The lowest BCUT2D eigenvalue weighted by Gasteiger charge is -2.10. The molecule has 0 aliphatic heterocycles. The van der Waals surface area contributed by atoms with Gasteiger partial charge < -0.3 is 9.47 Å². The van der Waals surface area contributed by atoms with Gasteiger partial charge in [0, 0.05) is 0 Å². The van der Waals surface area contributed by atoms with E-state index in [9.17, 15) is 9.59 Å². The van der Waals surface area contributed by atoms with Crippen LogP contribution in [-0.2, 0) is 25.7 Å². The van der Waals surface area contributed by atoms with E-state index in [0.717, 1.165) is 11.1 Å². The number of hydrogen-bond donors (Lipinski definition) is 0. The van der Waals surface area contributed by atoms with E-state index in [1.54, 1.807) is 6.08 Å². The van der Waals surface area contributed by atoms with Crippen molar-refractivity contribution in [3.63, 3.8) is 0 Å². The van der Waals surface area contributed by atoms with Gasteiger partial charge in [-0.2, -0.15) is 0 Å². The monoisotopic (exact) mass is 295 g/mol. The minimum absolute atomic E-state index is 0.123. The number of esters is 1. The maximum absolute atomic E-state index is 12.0. The van der Waals surface area contributed by atoms with Crippen LogP contribution in [0.15, 0.2) is 66.7 Å². The van der Waals surface area contributed by atoms with Crippen molar-refractivity contribution in [1.82, 2.24) is 0 Å². The van der Waals surface area contributed by atoms with Crippen LogP contribution in [0, 0.1) is 0 Å². The molecular formula is C18H15O4. The highest BCUT2D eigenvalue weighted by molar-refractivity contribution is 5.79. The fourth-order valence-electron chi connectivity index (χ4n) is 1.79. The van der Waals surface area contributed by atoms with Crippen LogP contribution >= 0.6 is 0 Å². The van der Waals surface area contributed by atoms with Crippen LogP contribution in [0.2, 0.25) is 0 Å². The second kappa shape index (κ2) is 8.42. The van der Waals surface area contributed by atoms with Crippen LogP contribution in [0.1, 0.15) is 11.1 Å². The molecule has 4 nitrogen and oxygen atoms in total. The van der Waals surface area contributed by atoms with Crippen molar-refractivity contribution in [3.8, 4) is 0 Å². The summed E-state index contributed by atoms with van der Waals surface area (Å²) in [4.78, 5) is 22.4. The molecule has 0 saturated heterocycles. The minimum Gasteiger partial charge on any atom is -0.458 e. The Morgan fingerprint density at radius 1 is 1.05 bits per heavy atom. The summed E-state index contributed by atoms with van der Waals surface area (Å²) in [5, 5.41) is 0. The molecule has 1 atom stereocenters. The van der Waals surface area contributed by atoms with Crippen LogP contribution in [0.4, 0.5) is 0 Å². The van der Waals surface area contributed by atoms with E-state index in [1.807, 2.05) is 60.7 Å². The second-order valence-electron chi connectivity index (χ2n) is 4.48. The van der Waals surface area contributed by atoms with Gasteiger partial charge in [-0.25, -0.2) is 9.59 Å². The maximum Gasteiger partial charge on any atom is 0.418 e. The van der Waals surface area contributed by atoms with Gasteiger partial charge in [-0.1, -0.05) is 66.7 Å². The molecule has 0 amide bonds. The molecule has 2 aromatic rings. The Balaban J connectivity index is 1.96. The molecule has 0 heterocycles. The molecule has 22 heavy (non-hydrogen) atoms. The van der Waals surface area contributed by atoms with Gasteiger partial charge in [-0.15, -0.1) is 0 Å². The molecule has 0 fully saturated rings. The summed E-state index contributed by atoms with van der Waals surface area (Å²) in [7, 11) is 0. The molecule has 4 heteroatoms. The van der Waals surface area contributed by atoms with Gasteiger partial charge in [0.05, 0.1) is 0 Å². The lowest BCUT2D eigenvalue weighted by molar-refractivity contribution is -0.151. The van der Waals surface area contributed by atoms with Crippen LogP contribution in [0.3, 0.4) is 0 Å². The number of carbonyl (C=O) groups excluding carboxylic acids is 2. The molecule has 0 aliphatic carbocycles. The fraction of sp³-hybridized carbons (Fsp3) is 0.111. The van der Waals surface area contributed by atoms with Gasteiger partial charge >= 0.3 is 12.4 Å². The second-order valence-corrected chi connectivity index (χ2v) is 4.48. The van der Waals surface area contributed by atoms with E-state index in [1.165, 1.54) is 12.5 Å². The third-order valence-electron chi connectivity index (χ3n) is 2.89. The molecule has 0 bridgehead atoms. The fourth-order valence-corrected chi connectivity index (χ4v) is 1.79. The molecule has 0 N–H and O–H groups in total. The van der Waals surface area contributed by atoms with Gasteiger partial charge in [0.1, 0.15) is 6.61 Å². The minimum atomic E-state index is -1.11. The van der Waals surface area contributed by atoms with Crippen molar-refractivity contribution < 1.29 is 19.1 Å². The van der Waals surface area contributed by atoms with Gasteiger partial charge in [0.2, 0.25) is 6.10 Å². The summed E-state index contributed by atoms with van der Waals surface area (Å²) in [6, 6.07) is 18.6. The quantitative estimate of drug-likeness (QED) is 0.737. The Morgan fingerprint density at radius 2 is 1.68 bits per heavy atom. The SMILES string of the molecule is O=[C]OC(C=Cc1ccccc1)C(=O)OCc1ccccc1. The molecule has 1 radical (unpaired) electrons. The first-order valence-corrected chi connectivity index (χ1v) is 6.76. The lowest BCUT2D eigenvalue weighted by atomic mass is 10.2. The van der Waals surface area contributed by atoms with Crippen LogP contribution in [-0.4, -0.2) is 18.5 Å². The average Bonchev–Trinajstić information content (AvgIpc) is 2.58. The predicted molar refractivity (Wildman–Crippen MR) is 82.3 cm³/mol. The third kappa shape index (κ3) is 4.90. The van der Waals surface area contributed by atoms with E-state index in [2.05, 4.69) is 4.74 Å². The van der Waals surface area contributed by atoms with Crippen molar-refractivity contribution >= 4 is 18.5 Å². The molecule has 0 saturated carbocycles. The van der Waals surface area contributed by atoms with Crippen molar-refractivity contribution in [2.75, 3.05) is 0 Å². The summed E-state index contributed by atoms with van der Waals surface area (Å²) in [6.45, 7) is 1.40. The van der Waals surface area contributed by atoms with Crippen LogP contribution in [0.5, 0.6) is 0 Å². The molecular weight excluding hydrogens is 280 g/mol. The standard InChI is InChI=1S/C18H15O4/c19-14-22-17(12-11-15-7-3-1-4-8-15)18(20)21-13-16-9-5-2-6-10-16/h1-12,17H,13H2. The molecule has 1 unspecified atom stereocenters. The van der Waals surface area contributed by atoms with Crippen molar-refractivity contribution in [1.29, 1.82) is 0 Å². The summed E-state index contributed by atoms with van der Waals surface area (Å²) in [5.41, 5.74) is 1.74. The van der Waals surface area contributed by atoms with Crippen molar-refractivity contribution in [3.05, 3.63) is 77.9 Å². The third-order valence-corrected chi connectivity index (χ3v) is 2.89. The van der Waals surface area contributed by atoms with E-state index >= 15 is 0 Å². The Hall–Kier alpha value is -2.88. The van der Waals surface area contributed by atoms with Gasteiger partial charge in [-0.05, 0) is 17.2 Å². The lowest BCUT2D eigenvalue weighted by Crippen LogP contribution is -2.24. The number of rotatable bonds is 7. The van der Waals surface area contributed by atoms with Crippen LogP contribution in [0.25, 0.3) is 6.08 Å². The molecule has 0 spiro atoms. The first-order chi connectivity index (χ1) is 10.8. The predicted octanol–water partition coefficient (Wildman–Crippen LogP) is 2.90. The van der Waals surface area contributed by atoms with E-state index in [-0.39, 0.29) is 6.61 Å². The number of carbonyl (C=O) groups is 1.